The van der Waals surface area contributed by atoms with Crippen molar-refractivity contribution in [3.05, 3.63) is 412 Å². The molecule has 7 N–H and O–H groups in total. The molecule has 8 nitrogen and oxygen atoms in total. The predicted molar refractivity (Wildman–Crippen MR) is 540 cm³/mol. The van der Waals surface area contributed by atoms with Crippen molar-refractivity contribution in [1.29, 1.82) is 0 Å². The number of para-hydroxylation sites is 5. The van der Waals surface area contributed by atoms with Gasteiger partial charge in [0.05, 0.1) is 66.2 Å². The molecule has 0 bridgehead atoms. The Morgan fingerprint density at radius 1 is 0.500 bits per heavy atom. The van der Waals surface area contributed by atoms with Crippen molar-refractivity contribution in [2.45, 2.75) is 46.5 Å². The number of Topliss-reactive ketones (excluding diaryl/α,β-unsaturated/α-hetero) is 1. The number of ketones is 1. The van der Waals surface area contributed by atoms with E-state index in [2.05, 4.69) is 391 Å². The number of nitrogens with zero attached hydrogens (tertiary/aromatic N) is 1. The Morgan fingerprint density at radius 3 is 1.49 bits per heavy atom. The van der Waals surface area contributed by atoms with Gasteiger partial charge in [0.2, 0.25) is 0 Å². The Labute approximate surface area is 766 Å². The Morgan fingerprint density at radius 2 is 0.950 bits per heavy atom. The zero-order valence-electron chi connectivity index (χ0n) is 68.0. The maximum atomic E-state index is 11.4. The third-order valence-electron chi connectivity index (χ3n) is 19.9. The maximum absolute atomic E-state index is 11.4. The first-order valence-electron chi connectivity index (χ1n) is 40.1. The molecule has 21 rings (SSSR count). The van der Waals surface area contributed by atoms with Crippen molar-refractivity contribution >= 4 is 213 Å². The predicted octanol–water partition coefficient (Wildman–Crippen LogP) is 31.2. The van der Waals surface area contributed by atoms with E-state index in [0.29, 0.717) is 6.42 Å². The van der Waals surface area contributed by atoms with E-state index < -0.39 is 7.15 Å². The van der Waals surface area contributed by atoms with E-state index in [1.54, 1.807) is 6.92 Å². The summed E-state index contributed by atoms with van der Waals surface area (Å²) in [5.41, 5.74) is 30.4. The number of rotatable bonds is 6. The van der Waals surface area contributed by atoms with Crippen molar-refractivity contribution in [2.24, 2.45) is 5.84 Å². The molecule has 0 saturated heterocycles. The molecule has 0 aliphatic heterocycles. The molecule has 4 aliphatic carbocycles. The molecule has 4 aliphatic rings. The summed E-state index contributed by atoms with van der Waals surface area (Å²) in [4.78, 5) is 18.5. The summed E-state index contributed by atoms with van der Waals surface area (Å²) in [6.07, 6.45) is 19.8. The molecule has 16 heteroatoms. The molecule has 0 spiro atoms. The largest absolute Gasteiger partial charge is 0.397 e. The highest BCUT2D eigenvalue weighted by atomic mass is 127. The molecule has 120 heavy (non-hydrogen) atoms. The fraction of sp³-hybridized carbons (Fsp3) is 0.0865. The standard InChI is InChI=1S/C24H19N.C22H13BrN.C16H12BrN.C16H9BrN.C10H9BrO.C6H5I.C6H8N2.C2H6O.CH3F.CH4.2ClH.H2/c1-3-7-19(8-4-1)21-11-15-23(16-12-21)25-24-17-13-22(14-18-24)20-9-5-2-6-10-20;23-16-12-10-15-11-13-19-18-8-4-5-9-21(18)24(22(19)20(15)14-16)17-6-2-1-3-7-17;2*17-11-7-5-10-6-8-13-12-3-1-2-4-15(12)18-16(13)14(10)9-11;11-8-5-4-7-2-1-3-10(12)9(7)6-8;7-6-4-2-1-3-5-6;7-8-6-4-2-1-3-5-6;1-2-3;1-2;;;;/h1-18,25H;1-11,13-14H;1-5,7,9,18H,6,8H2;1-6,8-9,18H;4-6H,1-3H2;1-5H;1-5,8H,7H2;3H,2H2,1H3;1H3;1H4;3*1H/q;+1;;+1;;;;;;;;;/i;;;;;;;;1D;;;;1+1D. The minimum atomic E-state index is -1.00. The molecule has 0 atom stereocenters. The first-order chi connectivity index (χ1) is 58.8. The van der Waals surface area contributed by atoms with E-state index in [0.717, 1.165) is 66.2 Å². The number of nitrogen functional groups attached to an aromatic ring is 1. The molecule has 0 fully saturated rings. The molecule has 3 heterocycles. The Balaban J connectivity index is 0.000000165. The van der Waals surface area contributed by atoms with Crippen molar-refractivity contribution in [1.82, 2.24) is 14.5 Å². The van der Waals surface area contributed by atoms with E-state index in [-0.39, 0.29) is 44.6 Å². The highest BCUT2D eigenvalue weighted by molar-refractivity contribution is 14.1. The van der Waals surface area contributed by atoms with Crippen LogP contribution in [0.5, 0.6) is 0 Å². The van der Waals surface area contributed by atoms with Gasteiger partial charge in [-0.15, -0.1) is 24.8 Å². The van der Waals surface area contributed by atoms with Gasteiger partial charge < -0.3 is 30.4 Å². The number of aromatic nitrogens is 3. The van der Waals surface area contributed by atoms with Crippen LogP contribution >= 0.6 is 111 Å². The van der Waals surface area contributed by atoms with Gasteiger partial charge in [-0.05, 0) is 241 Å². The van der Waals surface area contributed by atoms with Gasteiger partial charge in [-0.3, -0.25) is 15.0 Å². The summed E-state index contributed by atoms with van der Waals surface area (Å²) < 4.78 is 33.3. The number of halogens is 8. The smallest absolute Gasteiger partial charge is 0.181 e. The zero-order chi connectivity index (χ0) is 84.1. The number of H-pyrrole nitrogens is 2. The van der Waals surface area contributed by atoms with Gasteiger partial charge in [0.25, 0.3) is 0 Å². The number of carbonyl (C=O) groups is 1. The van der Waals surface area contributed by atoms with Crippen LogP contribution in [-0.4, -0.2) is 39.2 Å². The fourth-order valence-corrected chi connectivity index (χ4v) is 16.3. The normalized spacial score (nSPS) is 11.8. The lowest BCUT2D eigenvalue weighted by Gasteiger charge is -2.16. The second-order valence-corrected chi connectivity index (χ2v) is 32.2. The number of nitrogens with two attached hydrogens (primary N) is 1. The molecule has 0 unspecified atom stereocenters. The van der Waals surface area contributed by atoms with Gasteiger partial charge in [0.15, 0.2) is 14.7 Å². The number of hydrogen-bond donors (Lipinski definition) is 6. The van der Waals surface area contributed by atoms with Crippen molar-refractivity contribution in [3.8, 4) is 39.2 Å². The minimum absolute atomic E-state index is 0. The van der Waals surface area contributed by atoms with E-state index in [4.69, 9.17) is 15.3 Å². The minimum Gasteiger partial charge on any atom is -0.397 e. The highest BCUT2D eigenvalue weighted by Gasteiger charge is 2.25. The quantitative estimate of drug-likeness (QED) is 0.0428. The van der Waals surface area contributed by atoms with Crippen LogP contribution in [0.15, 0.2) is 352 Å². The Kier molecular flexibility index (Phi) is 33.7. The molecular formula is C104H92Br4Cl2FIN6O2+2. The van der Waals surface area contributed by atoms with Gasteiger partial charge in [-0.1, -0.05) is 246 Å². The summed E-state index contributed by atoms with van der Waals surface area (Å²) in [6, 6.07) is 115. The SMILES string of the molecule is BrC1=Cc2c(ccc3c2[nH]c2ccccc23)C=[C+]1.BrC1=Cc2c(ccc3c4ccccc4n(-c4ccccc4)c23)C=[C+]1.Brc1ccc2c(c1)-c1[nH]c3ccccc3c1CC2.C.CCO.Cl.Cl.Ic1ccccc1.NNc1ccccc1.O=C1CCCc2ccc(Br)cc21.[2H]CF.[2H][2H].c1ccc(-c2ccc(Nc3ccc(-c4ccccc4)cc3)cc2)cc1. The van der Waals surface area contributed by atoms with Crippen LogP contribution in [-0.2, 0) is 19.3 Å². The number of nitrogens with one attached hydrogen (secondary N) is 4. The first-order valence-corrected chi connectivity index (χ1v) is 42.6. The lowest BCUT2D eigenvalue weighted by molar-refractivity contribution is 0.0972. The van der Waals surface area contributed by atoms with Gasteiger partial charge >= 0.3 is 0 Å². The molecule has 0 saturated carbocycles. The molecule has 604 valence electrons. The summed E-state index contributed by atoms with van der Waals surface area (Å²) >= 11 is 16.3. The topological polar surface area (TPSA) is 124 Å². The maximum Gasteiger partial charge on any atom is 0.181 e. The summed E-state index contributed by atoms with van der Waals surface area (Å²) in [6.45, 7) is 1.93. The molecule has 3 aromatic heterocycles. The zero-order valence-corrected chi connectivity index (χ0v) is 75.1. The first kappa shape index (κ1) is 88.6. The average molecular weight is 2000 g/mol. The number of benzene rings is 14. The van der Waals surface area contributed by atoms with Crippen LogP contribution in [0, 0.1) is 15.7 Å². The van der Waals surface area contributed by atoms with Crippen molar-refractivity contribution in [3.63, 3.8) is 0 Å². The van der Waals surface area contributed by atoms with Crippen LogP contribution in [0.1, 0.15) is 80.8 Å². The number of aliphatic hydroxyl groups is 1. The van der Waals surface area contributed by atoms with Crippen LogP contribution < -0.4 is 16.6 Å². The van der Waals surface area contributed by atoms with E-state index in [9.17, 15) is 9.18 Å². The summed E-state index contributed by atoms with van der Waals surface area (Å²) in [7, 11) is -1.00. The van der Waals surface area contributed by atoms with Crippen LogP contribution in [0.3, 0.4) is 0 Å². The van der Waals surface area contributed by atoms with Crippen LogP contribution in [0.2, 0.25) is 0 Å². The second kappa shape index (κ2) is 45.7. The third-order valence-corrected chi connectivity index (χ3v) is 22.5. The number of fused-ring (bicyclic) bond motifs is 16. The summed E-state index contributed by atoms with van der Waals surface area (Å²) in [5.74, 6) is 5.39. The van der Waals surface area contributed by atoms with Crippen molar-refractivity contribution < 1.29 is 18.6 Å². The number of hydrogen-bond acceptors (Lipinski definition) is 5. The Hall–Kier alpha value is -10.7. The number of hydrazine groups is 1. The molecule has 14 aromatic carbocycles. The molecule has 17 aromatic rings. The number of aryl methyl sites for hydroxylation is 3. The number of aliphatic hydroxyl groups excluding tert-OH is 1. The van der Waals surface area contributed by atoms with E-state index in [1.807, 2.05) is 91.0 Å². The van der Waals surface area contributed by atoms with Gasteiger partial charge in [0.1, 0.15) is 23.3 Å². The average Bonchev–Trinajstić information content (AvgIpc) is 1.58. The van der Waals surface area contributed by atoms with E-state index in [1.165, 1.54) is 136 Å². The molecule has 0 radical (unpaired) electrons. The highest BCUT2D eigenvalue weighted by Crippen LogP contribution is 2.42. The fourth-order valence-electron chi connectivity index (χ4n) is 14.5. The van der Waals surface area contributed by atoms with Crippen LogP contribution in [0.25, 0.3) is 118 Å². The van der Waals surface area contributed by atoms with Gasteiger partial charge in [0, 0.05) is 112 Å². The third kappa shape index (κ3) is 23.1. The van der Waals surface area contributed by atoms with Gasteiger partial charge in [-0.25, -0.2) is 0 Å². The molecular weight excluding hydrogens is 1900 g/mol. The Bertz CT molecular complexity index is 6300. The molecule has 0 amide bonds. The number of anilines is 3. The number of aromatic amines is 2. The number of carbonyl (C=O) groups excluding carboxylic acids is 1. The lowest BCUT2D eigenvalue weighted by atomic mass is 9.89. The van der Waals surface area contributed by atoms with Crippen LogP contribution in [0.4, 0.5) is 21.5 Å². The van der Waals surface area contributed by atoms with Crippen molar-refractivity contribution in [2.75, 3.05) is 24.5 Å². The summed E-state index contributed by atoms with van der Waals surface area (Å²) in [5, 5.41) is 17.5. The number of alkyl halides is 1. The van der Waals surface area contributed by atoms with E-state index >= 15 is 0 Å². The van der Waals surface area contributed by atoms with Gasteiger partial charge in [-0.2, -0.15) is 0 Å². The monoisotopic (exact) mass is 1990 g/mol. The lowest BCUT2D eigenvalue weighted by Crippen LogP contribution is -2.10. The second-order valence-electron chi connectivity index (χ2n) is 27.4. The number of allylic oxidation sites excluding steroid dienone is 4.